The zero-order chi connectivity index (χ0) is 14.5. The Morgan fingerprint density at radius 1 is 1.50 bits per heavy atom. The molecule has 1 aromatic carbocycles. The van der Waals surface area contributed by atoms with E-state index in [9.17, 15) is 10.1 Å². The summed E-state index contributed by atoms with van der Waals surface area (Å²) in [5.41, 5.74) is 0.255. The molecule has 1 atom stereocenters. The summed E-state index contributed by atoms with van der Waals surface area (Å²) in [7, 11) is 0. The molecule has 1 aromatic heterocycles. The highest BCUT2D eigenvalue weighted by atomic mass is 16.6. The van der Waals surface area contributed by atoms with E-state index in [1.165, 1.54) is 6.07 Å². The van der Waals surface area contributed by atoms with Crippen molar-refractivity contribution in [3.05, 3.63) is 40.3 Å². The minimum absolute atomic E-state index is 0.0649. The van der Waals surface area contributed by atoms with Crippen molar-refractivity contribution in [3.63, 3.8) is 0 Å². The van der Waals surface area contributed by atoms with Gasteiger partial charge in [-0.25, -0.2) is 0 Å². The Hall–Kier alpha value is -2.75. The molecular formula is C13H12N4O3. The molecule has 0 fully saturated rings. The fourth-order valence-electron chi connectivity index (χ4n) is 1.80. The number of nitro benzene ring substituents is 1. The number of rotatable bonds is 5. The predicted octanol–water partition coefficient (Wildman–Crippen LogP) is 2.74. The second-order valence-electron chi connectivity index (χ2n) is 4.46. The second-order valence-corrected chi connectivity index (χ2v) is 4.46. The average Bonchev–Trinajstić information content (AvgIpc) is 2.87. The molecule has 0 aliphatic heterocycles. The summed E-state index contributed by atoms with van der Waals surface area (Å²) in [4.78, 5) is 14.6. The van der Waals surface area contributed by atoms with Gasteiger partial charge in [-0.1, -0.05) is 24.2 Å². The maximum atomic E-state index is 10.9. The first kappa shape index (κ1) is 13.7. The minimum Gasteiger partial charge on any atom is -0.339 e. The van der Waals surface area contributed by atoms with Gasteiger partial charge in [-0.2, -0.15) is 10.2 Å². The number of nitro groups is 1. The first-order chi connectivity index (χ1) is 9.61. The van der Waals surface area contributed by atoms with E-state index in [1.54, 1.807) is 18.2 Å². The maximum absolute atomic E-state index is 10.9. The molecule has 2 rings (SSSR count). The number of nitrogens with zero attached hydrogens (tertiary/aromatic N) is 4. The van der Waals surface area contributed by atoms with Gasteiger partial charge in [0.15, 0.2) is 0 Å². The Labute approximate surface area is 115 Å². The van der Waals surface area contributed by atoms with Crippen molar-refractivity contribution in [2.45, 2.75) is 19.8 Å². The Morgan fingerprint density at radius 2 is 2.25 bits per heavy atom. The van der Waals surface area contributed by atoms with Crippen molar-refractivity contribution in [2.24, 2.45) is 5.92 Å². The minimum atomic E-state index is -0.482. The number of benzene rings is 1. The fraction of sp³-hybridized carbons (Fsp3) is 0.308. The highest BCUT2D eigenvalue weighted by Gasteiger charge is 2.19. The maximum Gasteiger partial charge on any atom is 0.280 e. The molecule has 0 aliphatic rings. The largest absolute Gasteiger partial charge is 0.339 e. The van der Waals surface area contributed by atoms with E-state index in [1.807, 2.05) is 6.92 Å². The molecule has 0 aliphatic carbocycles. The molecule has 2 aromatic rings. The van der Waals surface area contributed by atoms with E-state index in [0.717, 1.165) is 0 Å². The summed E-state index contributed by atoms with van der Waals surface area (Å²) >= 11 is 0. The van der Waals surface area contributed by atoms with Crippen LogP contribution in [0.2, 0.25) is 0 Å². The summed E-state index contributed by atoms with van der Waals surface area (Å²) in [5, 5.41) is 23.3. The highest BCUT2D eigenvalue weighted by Crippen LogP contribution is 2.27. The smallest absolute Gasteiger partial charge is 0.280 e. The van der Waals surface area contributed by atoms with Crippen molar-refractivity contribution >= 4 is 5.69 Å². The lowest BCUT2D eigenvalue weighted by atomic mass is 10.1. The van der Waals surface area contributed by atoms with Crippen molar-refractivity contribution in [3.8, 4) is 17.5 Å². The summed E-state index contributed by atoms with van der Waals surface area (Å²) in [5.74, 6) is 0.663. The van der Waals surface area contributed by atoms with Gasteiger partial charge in [0.25, 0.3) is 5.69 Å². The first-order valence-electron chi connectivity index (χ1n) is 6.05. The van der Waals surface area contributed by atoms with E-state index >= 15 is 0 Å². The number of nitriles is 1. The van der Waals surface area contributed by atoms with Crippen LogP contribution in [0.25, 0.3) is 11.4 Å². The zero-order valence-electron chi connectivity index (χ0n) is 10.8. The van der Waals surface area contributed by atoms with Gasteiger partial charge in [-0.05, 0) is 12.0 Å². The van der Waals surface area contributed by atoms with E-state index in [0.29, 0.717) is 24.3 Å². The Bertz CT molecular complexity index is 660. The van der Waals surface area contributed by atoms with E-state index < -0.39 is 4.92 Å². The first-order valence-corrected chi connectivity index (χ1v) is 6.05. The molecule has 0 amide bonds. The number of aromatic nitrogens is 2. The average molecular weight is 272 g/mol. The standard InChI is InChI=1S/C13H12N4O3/c1-9(6-7-14)8-12-15-13(16-20-12)10-4-2-3-5-11(10)17(18)19/h2-5,9H,6,8H2,1H3. The summed E-state index contributed by atoms with van der Waals surface area (Å²) < 4.78 is 5.08. The Kier molecular flexibility index (Phi) is 4.05. The van der Waals surface area contributed by atoms with Crippen LogP contribution in [0.5, 0.6) is 0 Å². The van der Waals surface area contributed by atoms with Gasteiger partial charge in [0, 0.05) is 18.9 Å². The van der Waals surface area contributed by atoms with Crippen LogP contribution < -0.4 is 0 Å². The Morgan fingerprint density at radius 3 is 2.95 bits per heavy atom. The van der Waals surface area contributed by atoms with Crippen LogP contribution >= 0.6 is 0 Å². The van der Waals surface area contributed by atoms with Crippen LogP contribution in [0, 0.1) is 27.4 Å². The van der Waals surface area contributed by atoms with Crippen LogP contribution in [-0.2, 0) is 6.42 Å². The number of hydrogen-bond donors (Lipinski definition) is 0. The van der Waals surface area contributed by atoms with E-state index in [4.69, 9.17) is 9.78 Å². The Balaban J connectivity index is 2.25. The number of hydrogen-bond acceptors (Lipinski definition) is 6. The van der Waals surface area contributed by atoms with E-state index in [2.05, 4.69) is 16.2 Å². The second kappa shape index (κ2) is 5.93. The molecule has 1 heterocycles. The summed E-state index contributed by atoms with van der Waals surface area (Å²) in [6.07, 6.45) is 0.865. The number of para-hydroxylation sites is 1. The van der Waals surface area contributed by atoms with Crippen molar-refractivity contribution < 1.29 is 9.45 Å². The lowest BCUT2D eigenvalue weighted by Gasteiger charge is -2.00. The predicted molar refractivity (Wildman–Crippen MR) is 69.5 cm³/mol. The van der Waals surface area contributed by atoms with Crippen molar-refractivity contribution in [1.29, 1.82) is 5.26 Å². The summed E-state index contributed by atoms with van der Waals surface area (Å²) in [6.45, 7) is 1.90. The monoisotopic (exact) mass is 272 g/mol. The third kappa shape index (κ3) is 2.98. The van der Waals surface area contributed by atoms with Gasteiger partial charge in [-0.15, -0.1) is 0 Å². The van der Waals surface area contributed by atoms with Gasteiger partial charge in [0.2, 0.25) is 11.7 Å². The molecule has 1 unspecified atom stereocenters. The summed E-state index contributed by atoms with van der Waals surface area (Å²) in [6, 6.07) is 8.30. The van der Waals surface area contributed by atoms with Crippen molar-refractivity contribution in [1.82, 2.24) is 10.1 Å². The van der Waals surface area contributed by atoms with Crippen LogP contribution in [0.4, 0.5) is 5.69 Å². The van der Waals surface area contributed by atoms with Gasteiger partial charge >= 0.3 is 0 Å². The van der Waals surface area contributed by atoms with Crippen LogP contribution in [-0.4, -0.2) is 15.1 Å². The SMILES string of the molecule is CC(CC#N)Cc1nc(-c2ccccc2[N+](=O)[O-])no1. The van der Waals surface area contributed by atoms with Gasteiger partial charge in [0.1, 0.15) is 5.56 Å². The van der Waals surface area contributed by atoms with Crippen molar-refractivity contribution in [2.75, 3.05) is 0 Å². The van der Waals surface area contributed by atoms with Crippen LogP contribution in [0.3, 0.4) is 0 Å². The zero-order valence-corrected chi connectivity index (χ0v) is 10.8. The van der Waals surface area contributed by atoms with Crippen LogP contribution in [0.1, 0.15) is 19.2 Å². The fourth-order valence-corrected chi connectivity index (χ4v) is 1.80. The molecule has 7 nitrogen and oxygen atoms in total. The molecule has 0 bridgehead atoms. The molecule has 0 saturated heterocycles. The van der Waals surface area contributed by atoms with Gasteiger partial charge < -0.3 is 4.52 Å². The van der Waals surface area contributed by atoms with E-state index in [-0.39, 0.29) is 17.4 Å². The molecular weight excluding hydrogens is 260 g/mol. The molecule has 0 N–H and O–H groups in total. The molecule has 0 saturated carbocycles. The molecule has 0 radical (unpaired) electrons. The normalized spacial score (nSPS) is 11.8. The highest BCUT2D eigenvalue weighted by molar-refractivity contribution is 5.67. The van der Waals surface area contributed by atoms with Crippen LogP contribution in [0.15, 0.2) is 28.8 Å². The molecule has 0 spiro atoms. The lowest BCUT2D eigenvalue weighted by Crippen LogP contribution is -1.98. The molecule has 20 heavy (non-hydrogen) atoms. The van der Waals surface area contributed by atoms with Gasteiger partial charge in [0.05, 0.1) is 11.0 Å². The molecule has 7 heteroatoms. The quantitative estimate of drug-likeness (QED) is 0.612. The topological polar surface area (TPSA) is 106 Å². The van der Waals surface area contributed by atoms with Gasteiger partial charge in [-0.3, -0.25) is 10.1 Å². The lowest BCUT2D eigenvalue weighted by molar-refractivity contribution is -0.384. The third-order valence-electron chi connectivity index (χ3n) is 2.77. The third-order valence-corrected chi connectivity index (χ3v) is 2.77. The molecule has 102 valence electrons.